The molecule has 1 aromatic heterocycles. The van der Waals surface area contributed by atoms with Crippen molar-refractivity contribution in [2.75, 3.05) is 7.05 Å². The molecule has 0 aliphatic rings. The van der Waals surface area contributed by atoms with Crippen molar-refractivity contribution < 1.29 is 4.39 Å². The number of aryl methyl sites for hydroxylation is 1. The fraction of sp³-hybridized carbons (Fsp3) is 0.250. The van der Waals surface area contributed by atoms with Gasteiger partial charge in [-0.3, -0.25) is 4.68 Å². The first kappa shape index (κ1) is 12.5. The molecule has 0 bridgehead atoms. The fourth-order valence-corrected chi connectivity index (χ4v) is 2.57. The van der Waals surface area contributed by atoms with Crippen LogP contribution in [0.5, 0.6) is 0 Å². The van der Waals surface area contributed by atoms with E-state index in [0.29, 0.717) is 0 Å². The van der Waals surface area contributed by atoms with Gasteiger partial charge in [-0.1, -0.05) is 6.07 Å². The molecule has 0 spiro atoms. The van der Waals surface area contributed by atoms with Crippen molar-refractivity contribution in [1.29, 1.82) is 0 Å². The molecule has 1 aromatic carbocycles. The second kappa shape index (κ2) is 5.14. The smallest absolute Gasteiger partial charge is 0.124 e. The van der Waals surface area contributed by atoms with Crippen LogP contribution in [-0.4, -0.2) is 16.8 Å². The van der Waals surface area contributed by atoms with E-state index in [2.05, 4.69) is 33.0 Å². The van der Waals surface area contributed by atoms with E-state index in [0.717, 1.165) is 14.8 Å². The molecular weight excluding hydrogens is 332 g/mol. The summed E-state index contributed by atoms with van der Waals surface area (Å²) in [6.45, 7) is 0. The van der Waals surface area contributed by atoms with Gasteiger partial charge >= 0.3 is 0 Å². The topological polar surface area (TPSA) is 29.9 Å². The third-order valence-electron chi connectivity index (χ3n) is 2.59. The molecule has 1 atom stereocenters. The van der Waals surface area contributed by atoms with Gasteiger partial charge in [0.25, 0.3) is 0 Å². The number of benzene rings is 1. The van der Waals surface area contributed by atoms with Crippen LogP contribution in [0.4, 0.5) is 4.39 Å². The fourth-order valence-electron chi connectivity index (χ4n) is 1.79. The summed E-state index contributed by atoms with van der Waals surface area (Å²) in [6, 6.07) is 6.75. The van der Waals surface area contributed by atoms with Crippen LogP contribution >= 0.6 is 22.6 Å². The van der Waals surface area contributed by atoms with Crippen LogP contribution in [0.2, 0.25) is 0 Å². The highest BCUT2D eigenvalue weighted by Crippen LogP contribution is 2.25. The Bertz CT molecular complexity index is 524. The summed E-state index contributed by atoms with van der Waals surface area (Å²) in [4.78, 5) is 0. The molecule has 1 heterocycles. The van der Waals surface area contributed by atoms with Crippen molar-refractivity contribution in [2.45, 2.75) is 6.04 Å². The maximum atomic E-state index is 13.1. The molecule has 0 saturated heterocycles. The van der Waals surface area contributed by atoms with E-state index in [4.69, 9.17) is 0 Å². The minimum absolute atomic E-state index is 0.0105. The van der Waals surface area contributed by atoms with E-state index < -0.39 is 0 Å². The molecule has 1 N–H and O–H groups in total. The van der Waals surface area contributed by atoms with Gasteiger partial charge in [0.2, 0.25) is 0 Å². The Morgan fingerprint density at radius 1 is 1.41 bits per heavy atom. The van der Waals surface area contributed by atoms with Gasteiger partial charge < -0.3 is 5.32 Å². The normalized spacial score (nSPS) is 12.7. The number of nitrogens with one attached hydrogen (secondary N) is 1. The average Bonchev–Trinajstić information content (AvgIpc) is 2.69. The van der Waals surface area contributed by atoms with Crippen molar-refractivity contribution >= 4 is 22.6 Å². The number of aromatic nitrogens is 2. The zero-order chi connectivity index (χ0) is 12.4. The molecule has 2 aromatic rings. The van der Waals surface area contributed by atoms with E-state index in [1.165, 1.54) is 12.1 Å². The Morgan fingerprint density at radius 3 is 2.71 bits per heavy atom. The van der Waals surface area contributed by atoms with Crippen molar-refractivity contribution in [2.24, 2.45) is 7.05 Å². The number of nitrogens with zero attached hydrogens (tertiary/aromatic N) is 2. The lowest BCUT2D eigenvalue weighted by Gasteiger charge is -2.16. The Balaban J connectivity index is 2.42. The monoisotopic (exact) mass is 345 g/mol. The van der Waals surface area contributed by atoms with Crippen molar-refractivity contribution in [1.82, 2.24) is 15.1 Å². The van der Waals surface area contributed by atoms with Crippen LogP contribution in [-0.2, 0) is 7.05 Å². The van der Waals surface area contributed by atoms with Gasteiger partial charge in [0.15, 0.2) is 0 Å². The summed E-state index contributed by atoms with van der Waals surface area (Å²) in [7, 11) is 3.75. The minimum Gasteiger partial charge on any atom is -0.308 e. The van der Waals surface area contributed by atoms with Gasteiger partial charge in [-0.05, 0) is 53.4 Å². The summed E-state index contributed by atoms with van der Waals surface area (Å²) in [5.74, 6) is -0.214. The van der Waals surface area contributed by atoms with Gasteiger partial charge in [-0.25, -0.2) is 4.39 Å². The molecule has 17 heavy (non-hydrogen) atoms. The van der Waals surface area contributed by atoms with Crippen LogP contribution in [0, 0.1) is 9.39 Å². The largest absolute Gasteiger partial charge is 0.308 e. The molecule has 5 heteroatoms. The molecule has 0 aliphatic heterocycles. The predicted octanol–water partition coefficient (Wildman–Crippen LogP) is 2.47. The standard InChI is InChI=1S/C12H13FIN3/c1-15-12(11-5-6-17(2)16-11)9-4-3-8(13)7-10(9)14/h3-7,12,15H,1-2H3. The maximum absolute atomic E-state index is 13.1. The quantitative estimate of drug-likeness (QED) is 0.867. The van der Waals surface area contributed by atoms with E-state index in [-0.39, 0.29) is 11.9 Å². The lowest BCUT2D eigenvalue weighted by Crippen LogP contribution is -2.19. The summed E-state index contributed by atoms with van der Waals surface area (Å²) < 4.78 is 15.7. The zero-order valence-corrected chi connectivity index (χ0v) is 11.8. The van der Waals surface area contributed by atoms with Crippen LogP contribution < -0.4 is 5.32 Å². The molecule has 0 fully saturated rings. The van der Waals surface area contributed by atoms with E-state index in [1.54, 1.807) is 10.7 Å². The second-order valence-electron chi connectivity index (χ2n) is 3.80. The summed E-state index contributed by atoms with van der Waals surface area (Å²) >= 11 is 2.14. The van der Waals surface area contributed by atoms with Gasteiger partial charge in [-0.15, -0.1) is 0 Å². The molecule has 90 valence electrons. The second-order valence-corrected chi connectivity index (χ2v) is 4.96. The average molecular weight is 345 g/mol. The van der Waals surface area contributed by atoms with Crippen LogP contribution in [0.25, 0.3) is 0 Å². The molecule has 0 saturated carbocycles. The minimum atomic E-state index is -0.214. The zero-order valence-electron chi connectivity index (χ0n) is 9.61. The highest BCUT2D eigenvalue weighted by atomic mass is 127. The summed E-state index contributed by atoms with van der Waals surface area (Å²) in [6.07, 6.45) is 1.90. The summed E-state index contributed by atoms with van der Waals surface area (Å²) in [5, 5.41) is 7.58. The molecule has 0 aliphatic carbocycles. The first-order chi connectivity index (χ1) is 8.11. The van der Waals surface area contributed by atoms with E-state index in [1.807, 2.05) is 26.4 Å². The van der Waals surface area contributed by atoms with Gasteiger partial charge in [0.1, 0.15) is 5.82 Å². The van der Waals surface area contributed by atoms with Crippen molar-refractivity contribution in [3.63, 3.8) is 0 Å². The maximum Gasteiger partial charge on any atom is 0.124 e. The third-order valence-corrected chi connectivity index (χ3v) is 3.53. The number of halogens is 2. The first-order valence-electron chi connectivity index (χ1n) is 5.23. The number of hydrogen-bond donors (Lipinski definition) is 1. The molecule has 3 nitrogen and oxygen atoms in total. The lowest BCUT2D eigenvalue weighted by molar-refractivity contribution is 0.615. The first-order valence-corrected chi connectivity index (χ1v) is 6.31. The lowest BCUT2D eigenvalue weighted by atomic mass is 10.0. The van der Waals surface area contributed by atoms with Crippen LogP contribution in [0.1, 0.15) is 17.3 Å². The SMILES string of the molecule is CNC(c1ccn(C)n1)c1ccc(F)cc1I. The van der Waals surface area contributed by atoms with Gasteiger partial charge in [-0.2, -0.15) is 5.10 Å². The molecule has 2 rings (SSSR count). The summed E-state index contributed by atoms with van der Waals surface area (Å²) in [5.41, 5.74) is 1.97. The molecule has 0 amide bonds. The van der Waals surface area contributed by atoms with E-state index >= 15 is 0 Å². The Labute approximate surface area is 113 Å². The Kier molecular flexibility index (Phi) is 3.78. The van der Waals surface area contributed by atoms with Crippen LogP contribution in [0.15, 0.2) is 30.5 Å². The number of rotatable bonds is 3. The van der Waals surface area contributed by atoms with Crippen molar-refractivity contribution in [3.05, 3.63) is 51.1 Å². The van der Waals surface area contributed by atoms with Gasteiger partial charge in [0, 0.05) is 16.8 Å². The third kappa shape index (κ3) is 2.66. The van der Waals surface area contributed by atoms with E-state index in [9.17, 15) is 4.39 Å². The Hall–Kier alpha value is -0.950. The molecular formula is C12H13FIN3. The number of hydrogen-bond acceptors (Lipinski definition) is 2. The van der Waals surface area contributed by atoms with Crippen molar-refractivity contribution in [3.8, 4) is 0 Å². The van der Waals surface area contributed by atoms with Crippen LogP contribution in [0.3, 0.4) is 0 Å². The Morgan fingerprint density at radius 2 is 2.18 bits per heavy atom. The molecule has 1 unspecified atom stereocenters. The predicted molar refractivity (Wildman–Crippen MR) is 73.2 cm³/mol. The molecule has 0 radical (unpaired) electrons. The highest BCUT2D eigenvalue weighted by Gasteiger charge is 2.17. The van der Waals surface area contributed by atoms with Gasteiger partial charge in [0.05, 0.1) is 11.7 Å². The highest BCUT2D eigenvalue weighted by molar-refractivity contribution is 14.1.